The second-order valence-electron chi connectivity index (χ2n) is 5.79. The van der Waals surface area contributed by atoms with Crippen molar-refractivity contribution >= 4 is 11.9 Å². The van der Waals surface area contributed by atoms with Crippen LogP contribution in [0.4, 0.5) is 0 Å². The van der Waals surface area contributed by atoms with Crippen LogP contribution in [0.5, 0.6) is 0 Å². The van der Waals surface area contributed by atoms with E-state index in [1.165, 1.54) is 17.4 Å². The lowest BCUT2D eigenvalue weighted by Gasteiger charge is -2.11. The summed E-state index contributed by atoms with van der Waals surface area (Å²) >= 11 is 0. The van der Waals surface area contributed by atoms with E-state index in [1.807, 2.05) is 12.1 Å². The number of benzene rings is 1. The first-order chi connectivity index (χ1) is 10.6. The number of esters is 1. The number of carbonyl (C=O) groups excluding carboxylic acids is 2. The molecule has 1 saturated heterocycles. The van der Waals surface area contributed by atoms with Gasteiger partial charge in [-0.25, -0.2) is 4.79 Å². The molecule has 3 atom stereocenters. The number of ether oxygens (including phenoxy) is 2. The first-order valence-electron chi connectivity index (χ1n) is 7.27. The number of amides is 1. The third-order valence-corrected chi connectivity index (χ3v) is 4.44. The van der Waals surface area contributed by atoms with E-state index >= 15 is 0 Å². The van der Waals surface area contributed by atoms with Crippen LogP contribution in [0.15, 0.2) is 47.7 Å². The van der Waals surface area contributed by atoms with Crippen LogP contribution in [-0.4, -0.2) is 18.2 Å². The van der Waals surface area contributed by atoms with Gasteiger partial charge in [0.05, 0.1) is 17.9 Å². The number of nitrogens with one attached hydrogen (secondary N) is 1. The Labute approximate surface area is 127 Å². The molecule has 1 aliphatic carbocycles. The van der Waals surface area contributed by atoms with Crippen molar-refractivity contribution < 1.29 is 19.1 Å². The minimum absolute atomic E-state index is 0.0157. The van der Waals surface area contributed by atoms with E-state index < -0.39 is 6.29 Å². The number of carbonyl (C=O) groups is 2. The van der Waals surface area contributed by atoms with Gasteiger partial charge < -0.3 is 14.8 Å². The lowest BCUT2D eigenvalue weighted by atomic mass is 9.97. The highest BCUT2D eigenvalue weighted by Crippen LogP contribution is 2.44. The molecule has 0 aromatic heterocycles. The largest absolute Gasteiger partial charge is 0.458 e. The molecule has 22 heavy (non-hydrogen) atoms. The minimum Gasteiger partial charge on any atom is -0.458 e. The van der Waals surface area contributed by atoms with Gasteiger partial charge in [-0.05, 0) is 24.5 Å². The molecule has 1 N–H and O–H groups in total. The lowest BCUT2D eigenvalue weighted by molar-refractivity contribution is -0.152. The third-order valence-electron chi connectivity index (χ3n) is 4.44. The van der Waals surface area contributed by atoms with Crippen LogP contribution in [0, 0.1) is 5.92 Å². The van der Waals surface area contributed by atoms with Crippen LogP contribution >= 0.6 is 0 Å². The highest BCUT2D eigenvalue weighted by atomic mass is 16.7. The van der Waals surface area contributed by atoms with Crippen LogP contribution in [0.3, 0.4) is 0 Å². The van der Waals surface area contributed by atoms with Gasteiger partial charge in [-0.15, -0.1) is 0 Å². The maximum absolute atomic E-state index is 12.1. The van der Waals surface area contributed by atoms with Crippen LogP contribution in [0.25, 0.3) is 0 Å². The normalized spacial score (nSPS) is 30.7. The minimum atomic E-state index is -0.740. The summed E-state index contributed by atoms with van der Waals surface area (Å²) in [7, 11) is 0. The van der Waals surface area contributed by atoms with Gasteiger partial charge in [-0.3, -0.25) is 4.79 Å². The Balaban J connectivity index is 1.55. The van der Waals surface area contributed by atoms with Crippen LogP contribution < -0.4 is 5.32 Å². The second-order valence-corrected chi connectivity index (χ2v) is 5.79. The molecule has 5 heteroatoms. The van der Waals surface area contributed by atoms with E-state index in [0.717, 1.165) is 6.42 Å². The van der Waals surface area contributed by atoms with Gasteiger partial charge in [0.2, 0.25) is 0 Å². The quantitative estimate of drug-likeness (QED) is 0.513. The summed E-state index contributed by atoms with van der Waals surface area (Å²) in [5.41, 5.74) is 3.55. The third kappa shape index (κ3) is 1.93. The van der Waals surface area contributed by atoms with Crippen molar-refractivity contribution in [1.82, 2.24) is 5.32 Å². The Kier molecular flexibility index (Phi) is 2.82. The smallest absolute Gasteiger partial charge is 0.336 e. The topological polar surface area (TPSA) is 64.6 Å². The fraction of sp³-hybridized carbons (Fsp3) is 0.294. The van der Waals surface area contributed by atoms with Crippen molar-refractivity contribution in [2.24, 2.45) is 5.92 Å². The maximum atomic E-state index is 12.1. The zero-order valence-corrected chi connectivity index (χ0v) is 12.0. The van der Waals surface area contributed by atoms with Gasteiger partial charge >= 0.3 is 5.97 Å². The van der Waals surface area contributed by atoms with Crippen molar-refractivity contribution in [1.29, 1.82) is 0 Å². The molecule has 0 radical (unpaired) electrons. The average Bonchev–Trinajstić information content (AvgIpc) is 3.10. The van der Waals surface area contributed by atoms with Crippen molar-refractivity contribution in [3.63, 3.8) is 0 Å². The zero-order valence-electron chi connectivity index (χ0n) is 12.0. The van der Waals surface area contributed by atoms with E-state index in [9.17, 15) is 9.59 Å². The molecule has 1 amide bonds. The number of cyclic esters (lactones) is 1. The van der Waals surface area contributed by atoms with Gasteiger partial charge in [0.1, 0.15) is 0 Å². The molecule has 2 unspecified atom stereocenters. The van der Waals surface area contributed by atoms with Crippen LogP contribution in [0.1, 0.15) is 24.1 Å². The Bertz CT molecular complexity index is 734. The lowest BCUT2D eigenvalue weighted by Crippen LogP contribution is -2.19. The maximum Gasteiger partial charge on any atom is 0.336 e. The fourth-order valence-corrected chi connectivity index (χ4v) is 3.31. The molecular weight excluding hydrogens is 282 g/mol. The summed E-state index contributed by atoms with van der Waals surface area (Å²) in [5, 5.41) is 3.00. The molecule has 0 bridgehead atoms. The summed E-state index contributed by atoms with van der Waals surface area (Å²) < 4.78 is 10.5. The number of hydrogen-bond acceptors (Lipinski definition) is 4. The number of fused-ring (bicyclic) bond motifs is 3. The van der Waals surface area contributed by atoms with Crippen LogP contribution in [0.2, 0.25) is 0 Å². The van der Waals surface area contributed by atoms with E-state index in [2.05, 4.69) is 17.4 Å². The van der Waals surface area contributed by atoms with E-state index in [-0.39, 0.29) is 23.8 Å². The van der Waals surface area contributed by atoms with Crippen molar-refractivity contribution in [2.75, 3.05) is 0 Å². The summed E-state index contributed by atoms with van der Waals surface area (Å²) in [4.78, 5) is 23.5. The highest BCUT2D eigenvalue weighted by molar-refractivity contribution is 5.97. The number of hydrogen-bond donors (Lipinski definition) is 1. The molecule has 1 aromatic rings. The first kappa shape index (κ1) is 13.1. The summed E-state index contributed by atoms with van der Waals surface area (Å²) in [6.07, 6.45) is 3.12. The van der Waals surface area contributed by atoms with E-state index in [0.29, 0.717) is 11.1 Å². The Morgan fingerprint density at radius 2 is 2.14 bits per heavy atom. The molecule has 1 fully saturated rings. The molecule has 2 aliphatic heterocycles. The highest BCUT2D eigenvalue weighted by Gasteiger charge is 2.44. The number of rotatable bonds is 2. The van der Waals surface area contributed by atoms with Crippen molar-refractivity contribution in [3.05, 3.63) is 58.9 Å². The van der Waals surface area contributed by atoms with Crippen molar-refractivity contribution in [2.45, 2.75) is 25.7 Å². The average molecular weight is 297 g/mol. The zero-order chi connectivity index (χ0) is 15.3. The molecule has 112 valence electrons. The van der Waals surface area contributed by atoms with Gasteiger partial charge in [-0.2, -0.15) is 0 Å². The first-order valence-corrected chi connectivity index (χ1v) is 7.27. The summed E-state index contributed by atoms with van der Waals surface area (Å²) in [5.74, 6) is -0.424. The predicted octanol–water partition coefficient (Wildman–Crippen LogP) is 1.76. The molecule has 0 saturated carbocycles. The van der Waals surface area contributed by atoms with E-state index in [1.54, 1.807) is 13.0 Å². The summed E-state index contributed by atoms with van der Waals surface area (Å²) in [6, 6.07) is 8.14. The molecule has 5 nitrogen and oxygen atoms in total. The molecule has 2 heterocycles. The molecule has 1 aromatic carbocycles. The Morgan fingerprint density at radius 3 is 2.91 bits per heavy atom. The molecule has 3 aliphatic rings. The van der Waals surface area contributed by atoms with Gasteiger partial charge in [0, 0.05) is 17.6 Å². The van der Waals surface area contributed by atoms with Crippen molar-refractivity contribution in [3.8, 4) is 0 Å². The van der Waals surface area contributed by atoms with Gasteiger partial charge in [0.15, 0.2) is 0 Å². The fourth-order valence-electron chi connectivity index (χ4n) is 3.31. The second kappa shape index (κ2) is 4.73. The summed E-state index contributed by atoms with van der Waals surface area (Å²) in [6.45, 7) is 1.67. The van der Waals surface area contributed by atoms with Crippen LogP contribution in [-0.2, 0) is 25.5 Å². The van der Waals surface area contributed by atoms with Gasteiger partial charge in [-0.1, -0.05) is 24.3 Å². The molecule has 4 rings (SSSR count). The Morgan fingerprint density at radius 1 is 1.32 bits per heavy atom. The SMILES string of the molecule is CC1=CC(O/C=C2/C(=O)N[C@@H]3c4ccccc4CC23)OC1=O. The Hall–Kier alpha value is -2.56. The standard InChI is InChI=1S/C17H15NO4/c1-9-6-14(22-17(9)20)21-8-13-12-7-10-4-2-3-5-11(10)15(12)18-16(13)19/h2-6,8,12,14-15H,7H2,1H3,(H,18,19)/b13-8+/t12?,14?,15-/m1/s1. The molecular formula is C17H15NO4. The van der Waals surface area contributed by atoms with E-state index in [4.69, 9.17) is 9.47 Å². The predicted molar refractivity (Wildman–Crippen MR) is 77.3 cm³/mol. The van der Waals surface area contributed by atoms with Gasteiger partial charge in [0.25, 0.3) is 12.2 Å². The monoisotopic (exact) mass is 297 g/mol. The molecule has 0 spiro atoms.